The summed E-state index contributed by atoms with van der Waals surface area (Å²) in [4.78, 5) is 46.7. The molecule has 0 aliphatic carbocycles. The Morgan fingerprint density at radius 2 is 1.64 bits per heavy atom. The highest BCUT2D eigenvalue weighted by Gasteiger charge is 2.32. The van der Waals surface area contributed by atoms with E-state index < -0.39 is 23.7 Å². The molecule has 2 aliphatic rings. The number of piperazine rings is 1. The molecule has 2 N–H and O–H groups in total. The van der Waals surface area contributed by atoms with Crippen LogP contribution in [0.2, 0.25) is 0 Å². The standard InChI is InChI=1S/C33H33F3N6O3/c1-21-38-27-7-3-6-26(30(27)32(45)42(21)28-12-13-29(43)39-31(28)44)37-19-22-8-10-23(11-9-22)20-40-14-16-41(17-15-40)25-5-2-4-24(18-25)33(34,35)36/h2-11,18,28,37H,12-17,19-20H2,1H3,(H,39,43,44). The maximum absolute atomic E-state index is 13.7. The van der Waals surface area contributed by atoms with E-state index in [1.165, 1.54) is 16.7 Å². The monoisotopic (exact) mass is 618 g/mol. The maximum Gasteiger partial charge on any atom is 0.416 e. The Labute approximate surface area is 257 Å². The molecule has 12 heteroatoms. The van der Waals surface area contributed by atoms with Crippen molar-refractivity contribution in [3.8, 4) is 0 Å². The van der Waals surface area contributed by atoms with Crippen molar-refractivity contribution in [2.45, 2.75) is 45.1 Å². The Bertz CT molecular complexity index is 1800. The molecule has 0 saturated carbocycles. The van der Waals surface area contributed by atoms with Crippen LogP contribution in [0, 0.1) is 6.92 Å². The second-order valence-electron chi connectivity index (χ2n) is 11.5. The van der Waals surface area contributed by atoms with Gasteiger partial charge in [0.1, 0.15) is 11.9 Å². The molecule has 1 atom stereocenters. The molecular weight excluding hydrogens is 585 g/mol. The van der Waals surface area contributed by atoms with Gasteiger partial charge in [-0.15, -0.1) is 0 Å². The number of imide groups is 1. The summed E-state index contributed by atoms with van der Waals surface area (Å²) in [5.41, 5.74) is 2.89. The molecule has 3 aromatic carbocycles. The molecule has 2 aliphatic heterocycles. The van der Waals surface area contributed by atoms with Crippen LogP contribution in [0.15, 0.2) is 71.5 Å². The normalized spacial score (nSPS) is 17.9. The summed E-state index contributed by atoms with van der Waals surface area (Å²) in [6, 6.07) is 18.2. The molecule has 45 heavy (non-hydrogen) atoms. The molecule has 0 bridgehead atoms. The summed E-state index contributed by atoms with van der Waals surface area (Å²) in [6.07, 6.45) is -3.96. The first-order valence-corrected chi connectivity index (χ1v) is 14.9. The lowest BCUT2D eigenvalue weighted by atomic mass is 10.1. The lowest BCUT2D eigenvalue weighted by molar-refractivity contribution is -0.138. The van der Waals surface area contributed by atoms with Crippen molar-refractivity contribution in [1.82, 2.24) is 19.8 Å². The molecule has 1 unspecified atom stereocenters. The van der Waals surface area contributed by atoms with Crippen molar-refractivity contribution >= 4 is 34.1 Å². The summed E-state index contributed by atoms with van der Waals surface area (Å²) in [6.45, 7) is 5.65. The first-order chi connectivity index (χ1) is 21.6. The number of aryl methyl sites for hydroxylation is 1. The Morgan fingerprint density at radius 3 is 2.36 bits per heavy atom. The third-order valence-electron chi connectivity index (χ3n) is 8.45. The minimum atomic E-state index is -4.36. The zero-order valence-corrected chi connectivity index (χ0v) is 24.7. The summed E-state index contributed by atoms with van der Waals surface area (Å²) in [5.74, 6) is -0.437. The molecule has 3 heterocycles. The SMILES string of the molecule is Cc1nc2cccc(NCc3ccc(CN4CCN(c5cccc(C(F)(F)F)c5)CC4)cc3)c2c(=O)n1C1CCC(=O)NC1=O. The van der Waals surface area contributed by atoms with Gasteiger partial charge >= 0.3 is 6.18 Å². The number of benzene rings is 3. The molecule has 9 nitrogen and oxygen atoms in total. The first-order valence-electron chi connectivity index (χ1n) is 14.9. The highest BCUT2D eigenvalue weighted by molar-refractivity contribution is 5.99. The number of carbonyl (C=O) groups is 2. The van der Waals surface area contributed by atoms with E-state index in [-0.39, 0.29) is 24.3 Å². The van der Waals surface area contributed by atoms with E-state index in [1.807, 2.05) is 29.2 Å². The number of piperidine rings is 1. The van der Waals surface area contributed by atoms with Gasteiger partial charge in [-0.3, -0.25) is 29.2 Å². The fourth-order valence-corrected chi connectivity index (χ4v) is 6.06. The number of aromatic nitrogens is 2. The van der Waals surface area contributed by atoms with Gasteiger partial charge in [-0.25, -0.2) is 4.98 Å². The Hall–Kier alpha value is -4.71. The molecule has 234 valence electrons. The predicted octanol–water partition coefficient (Wildman–Crippen LogP) is 4.64. The van der Waals surface area contributed by atoms with Gasteiger partial charge in [-0.05, 0) is 54.8 Å². The predicted molar refractivity (Wildman–Crippen MR) is 165 cm³/mol. The second-order valence-corrected chi connectivity index (χ2v) is 11.5. The largest absolute Gasteiger partial charge is 0.416 e. The summed E-state index contributed by atoms with van der Waals surface area (Å²) in [5, 5.41) is 6.05. The van der Waals surface area contributed by atoms with Crippen molar-refractivity contribution < 1.29 is 22.8 Å². The Morgan fingerprint density at radius 1 is 0.933 bits per heavy atom. The fourth-order valence-electron chi connectivity index (χ4n) is 6.06. The van der Waals surface area contributed by atoms with Crippen molar-refractivity contribution in [2.24, 2.45) is 0 Å². The smallest absolute Gasteiger partial charge is 0.380 e. The molecular formula is C33H33F3N6O3. The number of hydrogen-bond donors (Lipinski definition) is 2. The molecule has 2 saturated heterocycles. The van der Waals surface area contributed by atoms with Crippen molar-refractivity contribution in [3.63, 3.8) is 0 Å². The minimum absolute atomic E-state index is 0.159. The molecule has 6 rings (SSSR count). The Balaban J connectivity index is 1.09. The summed E-state index contributed by atoms with van der Waals surface area (Å²) in [7, 11) is 0. The van der Waals surface area contributed by atoms with E-state index in [9.17, 15) is 27.6 Å². The zero-order valence-electron chi connectivity index (χ0n) is 24.7. The van der Waals surface area contributed by atoms with Gasteiger partial charge < -0.3 is 10.2 Å². The second kappa shape index (κ2) is 12.4. The van der Waals surface area contributed by atoms with Gasteiger partial charge in [0.2, 0.25) is 11.8 Å². The minimum Gasteiger partial charge on any atom is -0.380 e. The van der Waals surface area contributed by atoms with Crippen LogP contribution in [0.4, 0.5) is 24.5 Å². The molecule has 1 aromatic heterocycles. The number of nitrogens with one attached hydrogen (secondary N) is 2. The quantitative estimate of drug-likeness (QED) is 0.292. The lowest BCUT2D eigenvalue weighted by Crippen LogP contribution is -2.46. The summed E-state index contributed by atoms with van der Waals surface area (Å²) < 4.78 is 40.8. The van der Waals surface area contributed by atoms with Crippen LogP contribution in [0.1, 0.15) is 41.4 Å². The number of anilines is 2. The summed E-state index contributed by atoms with van der Waals surface area (Å²) >= 11 is 0. The van der Waals surface area contributed by atoms with Crippen LogP contribution in [0.5, 0.6) is 0 Å². The van der Waals surface area contributed by atoms with E-state index in [2.05, 4.69) is 32.7 Å². The van der Waals surface area contributed by atoms with Gasteiger partial charge in [0.25, 0.3) is 5.56 Å². The van der Waals surface area contributed by atoms with Gasteiger partial charge in [0.05, 0.1) is 16.5 Å². The van der Waals surface area contributed by atoms with Crippen molar-refractivity contribution in [3.05, 3.63) is 99.6 Å². The number of nitrogens with zero attached hydrogens (tertiary/aromatic N) is 4. The van der Waals surface area contributed by atoms with Crippen LogP contribution in [-0.4, -0.2) is 52.4 Å². The average Bonchev–Trinajstić information content (AvgIpc) is 3.01. The molecule has 0 radical (unpaired) electrons. The highest BCUT2D eigenvalue weighted by atomic mass is 19.4. The third kappa shape index (κ3) is 6.56. The van der Waals surface area contributed by atoms with E-state index in [0.717, 1.165) is 36.8 Å². The third-order valence-corrected chi connectivity index (χ3v) is 8.45. The maximum atomic E-state index is 13.7. The van der Waals surface area contributed by atoms with Crippen LogP contribution in [-0.2, 0) is 28.9 Å². The number of fused-ring (bicyclic) bond motifs is 1. The molecule has 4 aromatic rings. The highest BCUT2D eigenvalue weighted by Crippen LogP contribution is 2.32. The van der Waals surface area contributed by atoms with Crippen molar-refractivity contribution in [2.75, 3.05) is 36.4 Å². The van der Waals surface area contributed by atoms with Crippen LogP contribution >= 0.6 is 0 Å². The van der Waals surface area contributed by atoms with Crippen LogP contribution in [0.25, 0.3) is 10.9 Å². The van der Waals surface area contributed by atoms with Crippen molar-refractivity contribution in [1.29, 1.82) is 0 Å². The van der Waals surface area contributed by atoms with Crippen LogP contribution < -0.4 is 21.1 Å². The topological polar surface area (TPSA) is 99.6 Å². The number of alkyl halides is 3. The van der Waals surface area contributed by atoms with Gasteiger partial charge in [0.15, 0.2) is 0 Å². The van der Waals surface area contributed by atoms with E-state index >= 15 is 0 Å². The van der Waals surface area contributed by atoms with Crippen LogP contribution in [0.3, 0.4) is 0 Å². The van der Waals surface area contributed by atoms with Gasteiger partial charge in [-0.1, -0.05) is 36.4 Å². The number of carbonyl (C=O) groups excluding carboxylic acids is 2. The number of hydrogen-bond acceptors (Lipinski definition) is 7. The number of amides is 2. The molecule has 2 amide bonds. The first kappa shape index (κ1) is 30.3. The zero-order chi connectivity index (χ0) is 31.7. The fraction of sp³-hybridized carbons (Fsp3) is 0.333. The van der Waals surface area contributed by atoms with Gasteiger partial charge in [0, 0.05) is 57.1 Å². The lowest BCUT2D eigenvalue weighted by Gasteiger charge is -2.36. The van der Waals surface area contributed by atoms with E-state index in [0.29, 0.717) is 47.7 Å². The van der Waals surface area contributed by atoms with Gasteiger partial charge in [-0.2, -0.15) is 13.2 Å². The number of rotatable bonds is 7. The average molecular weight is 619 g/mol. The van der Waals surface area contributed by atoms with E-state index in [1.54, 1.807) is 19.1 Å². The molecule has 0 spiro atoms. The Kier molecular flexibility index (Phi) is 8.32. The van der Waals surface area contributed by atoms with E-state index in [4.69, 9.17) is 0 Å². The number of halogens is 3. The molecule has 2 fully saturated rings.